The smallest absolute Gasteiger partial charge is 0.183 e. The molecule has 7 heteroatoms. The summed E-state index contributed by atoms with van der Waals surface area (Å²) in [6, 6.07) is 9.22. The third kappa shape index (κ3) is 5.29. The summed E-state index contributed by atoms with van der Waals surface area (Å²) in [6.45, 7) is 7.22. The van der Waals surface area contributed by atoms with Gasteiger partial charge >= 0.3 is 0 Å². The van der Waals surface area contributed by atoms with E-state index in [1.165, 1.54) is 0 Å². The maximum Gasteiger partial charge on any atom is 0.183 e. The van der Waals surface area contributed by atoms with E-state index in [4.69, 9.17) is 0 Å². The van der Waals surface area contributed by atoms with E-state index in [0.717, 1.165) is 41.3 Å². The second kappa shape index (κ2) is 9.32. The van der Waals surface area contributed by atoms with Gasteiger partial charge in [-0.2, -0.15) is 11.3 Å². The lowest BCUT2D eigenvalue weighted by Crippen LogP contribution is -2.08. The Kier molecular flexibility index (Phi) is 6.60. The Hall–Kier alpha value is -2.93. The van der Waals surface area contributed by atoms with E-state index in [1.807, 2.05) is 29.0 Å². The molecule has 0 aliphatic carbocycles. The number of phenols is 1. The van der Waals surface area contributed by atoms with Crippen molar-refractivity contribution in [3.63, 3.8) is 0 Å². The largest absolute Gasteiger partial charge is 0.508 e. The minimum Gasteiger partial charge on any atom is -0.508 e. The number of nitrogens with zero attached hydrogens (tertiary/aromatic N) is 3. The van der Waals surface area contributed by atoms with Gasteiger partial charge in [-0.25, -0.2) is 15.0 Å². The van der Waals surface area contributed by atoms with Crippen LogP contribution in [0, 0.1) is 5.92 Å². The maximum absolute atomic E-state index is 9.33. The maximum atomic E-state index is 9.33. The van der Waals surface area contributed by atoms with Gasteiger partial charge in [0, 0.05) is 17.5 Å². The van der Waals surface area contributed by atoms with Crippen LogP contribution in [0.15, 0.2) is 47.4 Å². The molecule has 4 rings (SSSR count). The standard InChI is InChI=1S/C17H15N5OS.C4H10/c23-13-3-1-11(2-4-13)5-7-18-16-14-17(20-10-19-14)22-15(21-16)12-6-8-24-9-12;1-4(2)3/h1-4,6,8-10,23H,5,7H2,(H2,18,19,20,21,22);4H,1-3H3. The van der Waals surface area contributed by atoms with Crippen LogP contribution >= 0.6 is 11.3 Å². The van der Waals surface area contributed by atoms with Crippen molar-refractivity contribution in [3.8, 4) is 17.1 Å². The summed E-state index contributed by atoms with van der Waals surface area (Å²) < 4.78 is 0. The van der Waals surface area contributed by atoms with Crippen molar-refractivity contribution in [3.05, 3.63) is 53.0 Å². The molecule has 28 heavy (non-hydrogen) atoms. The first kappa shape index (κ1) is 19.8. The van der Waals surface area contributed by atoms with Gasteiger partial charge in [-0.3, -0.25) is 0 Å². The molecular formula is C21H25N5OS. The Morgan fingerprint density at radius 1 is 1.11 bits per heavy atom. The highest BCUT2D eigenvalue weighted by atomic mass is 32.1. The minimum atomic E-state index is 0.280. The van der Waals surface area contributed by atoms with Gasteiger partial charge in [-0.15, -0.1) is 0 Å². The Morgan fingerprint density at radius 2 is 1.86 bits per heavy atom. The van der Waals surface area contributed by atoms with Crippen LogP contribution in [0.4, 0.5) is 5.82 Å². The number of imidazole rings is 1. The predicted octanol–water partition coefficient (Wildman–Crippen LogP) is 5.10. The molecule has 4 aromatic rings. The van der Waals surface area contributed by atoms with E-state index < -0.39 is 0 Å². The van der Waals surface area contributed by atoms with Gasteiger partial charge in [0.2, 0.25) is 0 Å². The molecule has 3 heterocycles. The molecule has 0 saturated heterocycles. The summed E-state index contributed by atoms with van der Waals surface area (Å²) in [5.41, 5.74) is 3.60. The molecule has 3 aromatic heterocycles. The molecule has 0 fully saturated rings. The summed E-state index contributed by atoms with van der Waals surface area (Å²) in [7, 11) is 0. The number of hydrogen-bond donors (Lipinski definition) is 3. The summed E-state index contributed by atoms with van der Waals surface area (Å²) in [6.07, 6.45) is 2.45. The summed E-state index contributed by atoms with van der Waals surface area (Å²) in [5, 5.41) is 16.7. The van der Waals surface area contributed by atoms with Crippen LogP contribution in [0.1, 0.15) is 26.3 Å². The molecule has 0 atom stereocenters. The third-order valence-electron chi connectivity index (χ3n) is 3.71. The fraction of sp³-hybridized carbons (Fsp3) is 0.286. The van der Waals surface area contributed by atoms with Gasteiger partial charge in [0.25, 0.3) is 0 Å². The summed E-state index contributed by atoms with van der Waals surface area (Å²) in [4.78, 5) is 16.5. The van der Waals surface area contributed by atoms with E-state index in [9.17, 15) is 5.11 Å². The predicted molar refractivity (Wildman–Crippen MR) is 116 cm³/mol. The monoisotopic (exact) mass is 395 g/mol. The first-order valence-electron chi connectivity index (χ1n) is 9.28. The number of phenolic OH excluding ortho intramolecular Hbond substituents is 1. The number of nitrogens with one attached hydrogen (secondary N) is 2. The fourth-order valence-corrected chi connectivity index (χ4v) is 3.10. The zero-order chi connectivity index (χ0) is 19.9. The fourth-order valence-electron chi connectivity index (χ4n) is 2.47. The van der Waals surface area contributed by atoms with Crippen LogP contribution in [-0.2, 0) is 6.42 Å². The lowest BCUT2D eigenvalue weighted by Gasteiger charge is -2.08. The molecule has 0 unspecified atom stereocenters. The zero-order valence-electron chi connectivity index (χ0n) is 16.3. The number of aromatic nitrogens is 4. The summed E-state index contributed by atoms with van der Waals surface area (Å²) in [5.74, 6) is 2.53. The van der Waals surface area contributed by atoms with E-state index in [1.54, 1.807) is 29.8 Å². The number of thiophene rings is 1. The molecule has 1 aromatic carbocycles. The lowest BCUT2D eigenvalue weighted by molar-refractivity contribution is 0.475. The first-order chi connectivity index (χ1) is 13.5. The van der Waals surface area contributed by atoms with E-state index in [2.05, 4.69) is 46.0 Å². The molecule has 0 saturated carbocycles. The van der Waals surface area contributed by atoms with Gasteiger partial charge in [0.15, 0.2) is 17.3 Å². The van der Waals surface area contributed by atoms with E-state index in [0.29, 0.717) is 11.5 Å². The average molecular weight is 396 g/mol. The topological polar surface area (TPSA) is 86.7 Å². The van der Waals surface area contributed by atoms with E-state index in [-0.39, 0.29) is 5.75 Å². The Labute approximate surface area is 168 Å². The average Bonchev–Trinajstić information content (AvgIpc) is 3.34. The van der Waals surface area contributed by atoms with E-state index >= 15 is 0 Å². The van der Waals surface area contributed by atoms with Crippen LogP contribution < -0.4 is 5.32 Å². The second-order valence-electron chi connectivity index (χ2n) is 7.08. The number of H-pyrrole nitrogens is 1. The van der Waals surface area contributed by atoms with Crippen LogP contribution in [0.2, 0.25) is 0 Å². The zero-order valence-corrected chi connectivity index (χ0v) is 17.1. The number of fused-ring (bicyclic) bond motifs is 1. The molecule has 0 radical (unpaired) electrons. The van der Waals surface area contributed by atoms with Crippen LogP contribution in [0.25, 0.3) is 22.6 Å². The Morgan fingerprint density at radius 3 is 2.54 bits per heavy atom. The highest BCUT2D eigenvalue weighted by Gasteiger charge is 2.11. The lowest BCUT2D eigenvalue weighted by atomic mass is 10.1. The van der Waals surface area contributed by atoms with Crippen molar-refractivity contribution in [2.45, 2.75) is 27.2 Å². The summed E-state index contributed by atoms with van der Waals surface area (Å²) >= 11 is 1.61. The third-order valence-corrected chi connectivity index (χ3v) is 4.39. The first-order valence-corrected chi connectivity index (χ1v) is 10.2. The van der Waals surface area contributed by atoms with Crippen molar-refractivity contribution >= 4 is 28.3 Å². The number of rotatable bonds is 5. The molecule has 0 spiro atoms. The quantitative estimate of drug-likeness (QED) is 0.437. The van der Waals surface area contributed by atoms with Crippen LogP contribution in [0.5, 0.6) is 5.75 Å². The number of aromatic hydroxyl groups is 1. The van der Waals surface area contributed by atoms with Gasteiger partial charge in [0.1, 0.15) is 11.3 Å². The second-order valence-corrected chi connectivity index (χ2v) is 7.86. The Bertz CT molecular complexity index is 991. The van der Waals surface area contributed by atoms with Crippen molar-refractivity contribution in [2.24, 2.45) is 5.92 Å². The van der Waals surface area contributed by atoms with Crippen molar-refractivity contribution in [1.82, 2.24) is 19.9 Å². The van der Waals surface area contributed by atoms with Gasteiger partial charge in [-0.1, -0.05) is 32.9 Å². The van der Waals surface area contributed by atoms with Crippen LogP contribution in [0.3, 0.4) is 0 Å². The van der Waals surface area contributed by atoms with Gasteiger partial charge in [-0.05, 0) is 41.5 Å². The molecule has 3 N–H and O–H groups in total. The molecule has 146 valence electrons. The number of hydrogen-bond acceptors (Lipinski definition) is 6. The van der Waals surface area contributed by atoms with Crippen molar-refractivity contribution in [1.29, 1.82) is 0 Å². The molecule has 0 amide bonds. The van der Waals surface area contributed by atoms with Crippen molar-refractivity contribution in [2.75, 3.05) is 11.9 Å². The normalized spacial score (nSPS) is 10.7. The molecule has 0 aliphatic heterocycles. The number of aromatic amines is 1. The molecule has 0 bridgehead atoms. The molecule has 6 nitrogen and oxygen atoms in total. The van der Waals surface area contributed by atoms with Gasteiger partial charge in [0.05, 0.1) is 6.33 Å². The molecular weight excluding hydrogens is 370 g/mol. The SMILES string of the molecule is CC(C)C.Oc1ccc(CCNc2nc(-c3ccsc3)nc3nc[nH]c23)cc1. The number of benzene rings is 1. The highest BCUT2D eigenvalue weighted by Crippen LogP contribution is 2.24. The van der Waals surface area contributed by atoms with Crippen molar-refractivity contribution < 1.29 is 5.11 Å². The van der Waals surface area contributed by atoms with Crippen LogP contribution in [-0.4, -0.2) is 31.6 Å². The van der Waals surface area contributed by atoms with Gasteiger partial charge < -0.3 is 15.4 Å². The molecule has 0 aliphatic rings. The highest BCUT2D eigenvalue weighted by molar-refractivity contribution is 7.08. The minimum absolute atomic E-state index is 0.280. The Balaban J connectivity index is 0.000000516. The number of anilines is 1.